The van der Waals surface area contributed by atoms with Crippen LogP contribution in [-0.4, -0.2) is 53.5 Å². The monoisotopic (exact) mass is 436 g/mol. The Kier molecular flexibility index (Phi) is 6.93. The van der Waals surface area contributed by atoms with Crippen molar-refractivity contribution >= 4 is 23.3 Å². The Morgan fingerprint density at radius 2 is 1.69 bits per heavy atom. The quantitative estimate of drug-likeness (QED) is 0.738. The summed E-state index contributed by atoms with van der Waals surface area (Å²) in [6.07, 6.45) is 7.33. The first-order valence-corrected chi connectivity index (χ1v) is 11.6. The summed E-state index contributed by atoms with van der Waals surface area (Å²) in [5.74, 6) is 1.32. The second-order valence-electron chi connectivity index (χ2n) is 8.80. The van der Waals surface area contributed by atoms with Gasteiger partial charge in [0.25, 0.3) is 11.8 Å². The summed E-state index contributed by atoms with van der Waals surface area (Å²) in [6.45, 7) is 6.27. The molecule has 2 aromatic rings. The van der Waals surface area contributed by atoms with Gasteiger partial charge in [0.05, 0.1) is 11.9 Å². The van der Waals surface area contributed by atoms with E-state index in [1.54, 1.807) is 30.5 Å². The summed E-state index contributed by atoms with van der Waals surface area (Å²) in [5.41, 5.74) is 1.18. The minimum absolute atomic E-state index is 0.00919. The topological polar surface area (TPSA) is 74.8 Å². The molecule has 2 atom stereocenters. The second kappa shape index (κ2) is 10.0. The lowest BCUT2D eigenvalue weighted by Crippen LogP contribution is -2.49. The SMILES string of the molecule is CC1CCCC(C)N1C(=O)COc1ccc(C(=O)Nc2ccc(N3CCCC3)nc2)cc1. The minimum atomic E-state index is -0.209. The Morgan fingerprint density at radius 1 is 1.00 bits per heavy atom. The van der Waals surface area contributed by atoms with Crippen LogP contribution < -0.4 is 15.0 Å². The molecule has 0 saturated carbocycles. The smallest absolute Gasteiger partial charge is 0.260 e. The number of rotatable bonds is 6. The summed E-state index contributed by atoms with van der Waals surface area (Å²) in [6, 6.07) is 11.2. The number of pyridine rings is 1. The number of hydrogen-bond acceptors (Lipinski definition) is 5. The van der Waals surface area contributed by atoms with E-state index in [2.05, 4.69) is 29.0 Å². The molecule has 0 spiro atoms. The molecule has 1 aromatic heterocycles. The van der Waals surface area contributed by atoms with Crippen LogP contribution in [0.1, 0.15) is 56.3 Å². The number of amides is 2. The molecule has 2 amide bonds. The standard InChI is InChI=1S/C25H32N4O3/c1-18-6-5-7-19(2)29(18)24(30)17-32-22-11-8-20(9-12-22)25(31)27-21-10-13-23(26-16-21)28-14-3-4-15-28/h8-13,16,18-19H,3-7,14-15,17H2,1-2H3,(H,27,31). The third kappa shape index (κ3) is 5.21. The Labute approximate surface area is 189 Å². The maximum Gasteiger partial charge on any atom is 0.260 e. The van der Waals surface area contributed by atoms with E-state index >= 15 is 0 Å². The van der Waals surface area contributed by atoms with Crippen molar-refractivity contribution in [1.29, 1.82) is 0 Å². The van der Waals surface area contributed by atoms with Crippen molar-refractivity contribution in [2.45, 2.75) is 58.0 Å². The van der Waals surface area contributed by atoms with Crippen LogP contribution in [0, 0.1) is 0 Å². The highest BCUT2D eigenvalue weighted by molar-refractivity contribution is 6.04. The summed E-state index contributed by atoms with van der Waals surface area (Å²) in [4.78, 5) is 33.8. The number of piperidine rings is 1. The molecule has 170 valence electrons. The first-order valence-electron chi connectivity index (χ1n) is 11.6. The molecule has 2 fully saturated rings. The van der Waals surface area contributed by atoms with Crippen LogP contribution in [0.4, 0.5) is 11.5 Å². The minimum Gasteiger partial charge on any atom is -0.484 e. The third-order valence-electron chi connectivity index (χ3n) is 6.40. The van der Waals surface area contributed by atoms with Gasteiger partial charge >= 0.3 is 0 Å². The molecule has 2 unspecified atom stereocenters. The number of hydrogen-bond donors (Lipinski definition) is 1. The van der Waals surface area contributed by atoms with Crippen LogP contribution in [0.15, 0.2) is 42.6 Å². The first kappa shape index (κ1) is 22.1. The lowest BCUT2D eigenvalue weighted by molar-refractivity contribution is -0.139. The van der Waals surface area contributed by atoms with Gasteiger partial charge in [-0.15, -0.1) is 0 Å². The molecule has 0 bridgehead atoms. The molecule has 0 aliphatic carbocycles. The number of ether oxygens (including phenoxy) is 1. The predicted molar refractivity (Wildman–Crippen MR) is 125 cm³/mol. The number of nitrogens with zero attached hydrogens (tertiary/aromatic N) is 3. The van der Waals surface area contributed by atoms with Crippen LogP contribution in [0.3, 0.4) is 0 Å². The van der Waals surface area contributed by atoms with Gasteiger partial charge in [-0.25, -0.2) is 4.98 Å². The van der Waals surface area contributed by atoms with E-state index in [-0.39, 0.29) is 30.5 Å². The third-order valence-corrected chi connectivity index (χ3v) is 6.40. The molecule has 1 N–H and O–H groups in total. The average molecular weight is 437 g/mol. The first-order chi connectivity index (χ1) is 15.5. The maximum absolute atomic E-state index is 12.6. The molecule has 32 heavy (non-hydrogen) atoms. The van der Waals surface area contributed by atoms with Gasteiger partial charge in [0.15, 0.2) is 6.61 Å². The predicted octanol–water partition coefficient (Wildman–Crippen LogP) is 4.10. The van der Waals surface area contributed by atoms with Crippen molar-refractivity contribution in [1.82, 2.24) is 9.88 Å². The molecular weight excluding hydrogens is 404 g/mol. The van der Waals surface area contributed by atoms with E-state index in [1.807, 2.05) is 17.0 Å². The zero-order valence-corrected chi connectivity index (χ0v) is 18.9. The van der Waals surface area contributed by atoms with E-state index in [4.69, 9.17) is 4.74 Å². The van der Waals surface area contributed by atoms with Crippen molar-refractivity contribution < 1.29 is 14.3 Å². The highest BCUT2D eigenvalue weighted by Gasteiger charge is 2.29. The van der Waals surface area contributed by atoms with Crippen LogP contribution in [0.5, 0.6) is 5.75 Å². The molecular formula is C25H32N4O3. The van der Waals surface area contributed by atoms with Gasteiger partial charge in [0.2, 0.25) is 0 Å². The molecule has 3 heterocycles. The molecule has 1 aromatic carbocycles. The molecule has 7 nitrogen and oxygen atoms in total. The average Bonchev–Trinajstić information content (AvgIpc) is 3.33. The number of carbonyl (C=O) groups excluding carboxylic acids is 2. The largest absolute Gasteiger partial charge is 0.484 e. The summed E-state index contributed by atoms with van der Waals surface area (Å²) in [7, 11) is 0. The van der Waals surface area contributed by atoms with Gasteiger partial charge in [-0.05, 0) is 82.3 Å². The van der Waals surface area contributed by atoms with E-state index in [1.165, 1.54) is 12.8 Å². The van der Waals surface area contributed by atoms with E-state index < -0.39 is 0 Å². The van der Waals surface area contributed by atoms with Crippen molar-refractivity contribution in [3.05, 3.63) is 48.2 Å². The number of carbonyl (C=O) groups is 2. The number of nitrogens with one attached hydrogen (secondary N) is 1. The molecule has 4 rings (SSSR count). The Bertz CT molecular complexity index is 913. The number of likely N-dealkylation sites (tertiary alicyclic amines) is 1. The van der Waals surface area contributed by atoms with Gasteiger partial charge in [-0.2, -0.15) is 0 Å². The van der Waals surface area contributed by atoms with Gasteiger partial charge in [-0.3, -0.25) is 9.59 Å². The highest BCUT2D eigenvalue weighted by Crippen LogP contribution is 2.23. The fourth-order valence-corrected chi connectivity index (χ4v) is 4.63. The molecule has 2 aliphatic heterocycles. The number of benzene rings is 1. The highest BCUT2D eigenvalue weighted by atomic mass is 16.5. The van der Waals surface area contributed by atoms with E-state index in [9.17, 15) is 9.59 Å². The van der Waals surface area contributed by atoms with Crippen LogP contribution in [-0.2, 0) is 4.79 Å². The van der Waals surface area contributed by atoms with E-state index in [0.29, 0.717) is 17.0 Å². The lowest BCUT2D eigenvalue weighted by Gasteiger charge is -2.38. The van der Waals surface area contributed by atoms with Crippen molar-refractivity contribution in [2.75, 3.05) is 29.9 Å². The van der Waals surface area contributed by atoms with Crippen molar-refractivity contribution in [3.8, 4) is 5.75 Å². The van der Waals surface area contributed by atoms with E-state index in [0.717, 1.165) is 38.2 Å². The zero-order valence-electron chi connectivity index (χ0n) is 18.9. The molecule has 7 heteroatoms. The van der Waals surface area contributed by atoms with Gasteiger partial charge in [0, 0.05) is 30.7 Å². The van der Waals surface area contributed by atoms with Gasteiger partial charge < -0.3 is 19.9 Å². The summed E-state index contributed by atoms with van der Waals surface area (Å²) < 4.78 is 5.70. The zero-order chi connectivity index (χ0) is 22.5. The van der Waals surface area contributed by atoms with Crippen LogP contribution in [0.2, 0.25) is 0 Å². The Morgan fingerprint density at radius 3 is 2.31 bits per heavy atom. The van der Waals surface area contributed by atoms with Crippen molar-refractivity contribution in [2.24, 2.45) is 0 Å². The molecule has 0 radical (unpaired) electrons. The lowest BCUT2D eigenvalue weighted by atomic mass is 9.97. The number of anilines is 2. The Hall–Kier alpha value is -3.09. The summed E-state index contributed by atoms with van der Waals surface area (Å²) >= 11 is 0. The molecule has 2 aliphatic rings. The summed E-state index contributed by atoms with van der Waals surface area (Å²) in [5, 5.41) is 2.88. The number of aromatic nitrogens is 1. The second-order valence-corrected chi connectivity index (χ2v) is 8.80. The van der Waals surface area contributed by atoms with Crippen LogP contribution in [0.25, 0.3) is 0 Å². The maximum atomic E-state index is 12.6. The fraction of sp³-hybridized carbons (Fsp3) is 0.480. The van der Waals surface area contributed by atoms with Gasteiger partial charge in [0.1, 0.15) is 11.6 Å². The van der Waals surface area contributed by atoms with Gasteiger partial charge in [-0.1, -0.05) is 0 Å². The fourth-order valence-electron chi connectivity index (χ4n) is 4.63. The Balaban J connectivity index is 1.29. The molecule has 2 saturated heterocycles. The van der Waals surface area contributed by atoms with Crippen LogP contribution >= 0.6 is 0 Å². The van der Waals surface area contributed by atoms with Crippen molar-refractivity contribution in [3.63, 3.8) is 0 Å². The normalized spacial score (nSPS) is 20.8.